The van der Waals surface area contributed by atoms with Crippen molar-refractivity contribution in [2.75, 3.05) is 25.6 Å². The first kappa shape index (κ1) is 19.3. The number of allylic oxidation sites excluding steroid dienone is 1. The molecule has 6 nitrogen and oxygen atoms in total. The van der Waals surface area contributed by atoms with Gasteiger partial charge in [0.15, 0.2) is 0 Å². The van der Waals surface area contributed by atoms with E-state index in [2.05, 4.69) is 10.4 Å². The molecule has 1 N–H and O–H groups in total. The van der Waals surface area contributed by atoms with Crippen LogP contribution in [0.5, 0.6) is 0 Å². The van der Waals surface area contributed by atoms with Crippen LogP contribution in [0.2, 0.25) is 10.0 Å². The van der Waals surface area contributed by atoms with Gasteiger partial charge in [-0.05, 0) is 37.5 Å². The van der Waals surface area contributed by atoms with Crippen LogP contribution in [0.1, 0.15) is 31.4 Å². The Hall–Kier alpha value is -2.02. The molecule has 0 aliphatic carbocycles. The molecule has 0 saturated carbocycles. The largest absolute Gasteiger partial charge is 0.383 e. The van der Waals surface area contributed by atoms with Crippen LogP contribution < -0.4 is 5.32 Å². The highest BCUT2D eigenvalue weighted by Gasteiger charge is 2.38. The van der Waals surface area contributed by atoms with E-state index in [0.717, 1.165) is 36.5 Å². The fourth-order valence-corrected chi connectivity index (χ4v) is 4.40. The predicted molar refractivity (Wildman–Crippen MR) is 110 cm³/mol. The summed E-state index contributed by atoms with van der Waals surface area (Å²) < 4.78 is 7.15. The van der Waals surface area contributed by atoms with Gasteiger partial charge < -0.3 is 15.0 Å². The zero-order chi connectivity index (χ0) is 19.8. The number of carbonyl (C=O) groups excluding carboxylic acids is 1. The SMILES string of the molecule is COC[C@@H]1CCCN1C(=O)C1=C(C)Nc2ccnn2C1c1ccc(Cl)c(Cl)c1. The Kier molecular flexibility index (Phi) is 5.36. The third kappa shape index (κ3) is 3.30. The summed E-state index contributed by atoms with van der Waals surface area (Å²) in [5, 5.41) is 8.71. The fourth-order valence-electron chi connectivity index (χ4n) is 4.10. The molecular formula is C20H22Cl2N4O2. The number of aromatic nitrogens is 2. The van der Waals surface area contributed by atoms with E-state index in [-0.39, 0.29) is 18.0 Å². The highest BCUT2D eigenvalue weighted by atomic mass is 35.5. The third-order valence-electron chi connectivity index (χ3n) is 5.39. The number of anilines is 1. The van der Waals surface area contributed by atoms with Crippen molar-refractivity contribution in [2.45, 2.75) is 31.8 Å². The Morgan fingerprint density at radius 2 is 2.14 bits per heavy atom. The molecule has 1 saturated heterocycles. The number of hydrogen-bond donors (Lipinski definition) is 1. The van der Waals surface area contributed by atoms with Crippen LogP contribution in [-0.2, 0) is 9.53 Å². The van der Waals surface area contributed by atoms with Gasteiger partial charge in [-0.15, -0.1) is 0 Å². The Balaban J connectivity index is 1.79. The maximum Gasteiger partial charge on any atom is 0.254 e. The number of rotatable bonds is 4. The van der Waals surface area contributed by atoms with Gasteiger partial charge in [0.25, 0.3) is 5.91 Å². The van der Waals surface area contributed by atoms with Crippen molar-refractivity contribution >= 4 is 34.9 Å². The number of likely N-dealkylation sites (tertiary alicyclic amines) is 1. The zero-order valence-electron chi connectivity index (χ0n) is 15.8. The minimum absolute atomic E-state index is 0.00164. The lowest BCUT2D eigenvalue weighted by atomic mass is 9.94. The summed E-state index contributed by atoms with van der Waals surface area (Å²) in [7, 11) is 1.67. The Bertz CT molecular complexity index is 940. The predicted octanol–water partition coefficient (Wildman–Crippen LogP) is 4.12. The van der Waals surface area contributed by atoms with Gasteiger partial charge in [-0.25, -0.2) is 4.68 Å². The van der Waals surface area contributed by atoms with Crippen LogP contribution in [0.15, 0.2) is 41.7 Å². The Labute approximate surface area is 174 Å². The van der Waals surface area contributed by atoms with Gasteiger partial charge in [-0.1, -0.05) is 29.3 Å². The minimum atomic E-state index is -0.377. The molecule has 1 amide bonds. The van der Waals surface area contributed by atoms with Crippen LogP contribution in [0.3, 0.4) is 0 Å². The summed E-state index contributed by atoms with van der Waals surface area (Å²) in [6.07, 6.45) is 3.64. The van der Waals surface area contributed by atoms with E-state index < -0.39 is 0 Å². The van der Waals surface area contributed by atoms with Gasteiger partial charge in [0.2, 0.25) is 0 Å². The average Bonchev–Trinajstić information content (AvgIpc) is 3.32. The van der Waals surface area contributed by atoms with Crippen LogP contribution in [-0.4, -0.2) is 46.9 Å². The molecule has 28 heavy (non-hydrogen) atoms. The molecule has 1 aromatic carbocycles. The summed E-state index contributed by atoms with van der Waals surface area (Å²) in [5.74, 6) is 0.835. The van der Waals surface area contributed by atoms with E-state index in [4.69, 9.17) is 27.9 Å². The smallest absolute Gasteiger partial charge is 0.254 e. The first-order chi connectivity index (χ1) is 13.5. The number of halogens is 2. The molecule has 3 heterocycles. The van der Waals surface area contributed by atoms with Crippen molar-refractivity contribution in [3.8, 4) is 0 Å². The number of methoxy groups -OCH3 is 1. The summed E-state index contributed by atoms with van der Waals surface area (Å²) in [4.78, 5) is 15.6. The number of carbonyl (C=O) groups is 1. The van der Waals surface area contributed by atoms with Crippen LogP contribution in [0.4, 0.5) is 5.82 Å². The normalized spacial score (nSPS) is 21.6. The first-order valence-corrected chi connectivity index (χ1v) is 10.0. The number of nitrogens with zero attached hydrogens (tertiary/aromatic N) is 3. The molecular weight excluding hydrogens is 399 g/mol. The van der Waals surface area contributed by atoms with E-state index >= 15 is 0 Å². The van der Waals surface area contributed by atoms with E-state index in [1.54, 1.807) is 19.4 Å². The maximum absolute atomic E-state index is 13.6. The lowest BCUT2D eigenvalue weighted by molar-refractivity contribution is -0.129. The van der Waals surface area contributed by atoms with Crippen molar-refractivity contribution in [1.82, 2.24) is 14.7 Å². The molecule has 0 spiro atoms. The van der Waals surface area contributed by atoms with Crippen molar-refractivity contribution in [2.24, 2.45) is 0 Å². The van der Waals surface area contributed by atoms with Gasteiger partial charge in [-0.2, -0.15) is 5.10 Å². The van der Waals surface area contributed by atoms with Crippen LogP contribution >= 0.6 is 23.2 Å². The minimum Gasteiger partial charge on any atom is -0.383 e. The topological polar surface area (TPSA) is 59.4 Å². The Morgan fingerprint density at radius 3 is 2.89 bits per heavy atom. The summed E-state index contributed by atoms with van der Waals surface area (Å²) in [5.41, 5.74) is 2.35. The van der Waals surface area contributed by atoms with Crippen molar-refractivity contribution in [3.63, 3.8) is 0 Å². The number of benzene rings is 1. The molecule has 1 aromatic heterocycles. The number of hydrogen-bond acceptors (Lipinski definition) is 4. The first-order valence-electron chi connectivity index (χ1n) is 9.27. The lowest BCUT2D eigenvalue weighted by Gasteiger charge is -2.33. The fraction of sp³-hybridized carbons (Fsp3) is 0.400. The molecule has 148 valence electrons. The second kappa shape index (κ2) is 7.78. The zero-order valence-corrected chi connectivity index (χ0v) is 17.3. The average molecular weight is 421 g/mol. The molecule has 8 heteroatoms. The van der Waals surface area contributed by atoms with Crippen molar-refractivity contribution in [3.05, 3.63) is 57.3 Å². The molecule has 1 unspecified atom stereocenters. The van der Waals surface area contributed by atoms with E-state index in [1.807, 2.05) is 34.7 Å². The van der Waals surface area contributed by atoms with Crippen LogP contribution in [0, 0.1) is 0 Å². The molecule has 2 aromatic rings. The third-order valence-corrected chi connectivity index (χ3v) is 6.13. The monoisotopic (exact) mass is 420 g/mol. The second-order valence-corrected chi connectivity index (χ2v) is 7.97. The van der Waals surface area contributed by atoms with Gasteiger partial charge in [0.1, 0.15) is 11.9 Å². The number of amides is 1. The molecule has 2 atom stereocenters. The molecule has 1 fully saturated rings. The number of fused-ring (bicyclic) bond motifs is 1. The molecule has 4 rings (SSSR count). The van der Waals surface area contributed by atoms with Gasteiger partial charge in [0.05, 0.1) is 34.5 Å². The van der Waals surface area contributed by atoms with Gasteiger partial charge in [-0.3, -0.25) is 4.79 Å². The lowest BCUT2D eigenvalue weighted by Crippen LogP contribution is -2.42. The maximum atomic E-state index is 13.6. The molecule has 2 aliphatic rings. The number of nitrogens with one attached hydrogen (secondary N) is 1. The van der Waals surface area contributed by atoms with Gasteiger partial charge in [0, 0.05) is 25.4 Å². The highest BCUT2D eigenvalue weighted by molar-refractivity contribution is 6.42. The van der Waals surface area contributed by atoms with Crippen molar-refractivity contribution < 1.29 is 9.53 Å². The summed E-state index contributed by atoms with van der Waals surface area (Å²) >= 11 is 12.4. The quantitative estimate of drug-likeness (QED) is 0.807. The standard InChI is InChI=1S/C20H22Cl2N4O2/c1-12-18(20(27)25-9-3-4-14(25)11-28-2)19(26-17(24-12)7-8-23-26)13-5-6-15(21)16(22)10-13/h5-8,10,14,19,24H,3-4,9,11H2,1-2H3/t14-,19?/m0/s1. The molecule has 0 radical (unpaired) electrons. The van der Waals surface area contributed by atoms with E-state index in [9.17, 15) is 4.79 Å². The Morgan fingerprint density at radius 1 is 1.32 bits per heavy atom. The van der Waals surface area contributed by atoms with E-state index in [1.165, 1.54) is 0 Å². The second-order valence-electron chi connectivity index (χ2n) is 7.15. The summed E-state index contributed by atoms with van der Waals surface area (Å²) in [6, 6.07) is 7.06. The number of ether oxygens (including phenoxy) is 1. The van der Waals surface area contributed by atoms with Crippen LogP contribution in [0.25, 0.3) is 0 Å². The highest BCUT2D eigenvalue weighted by Crippen LogP contribution is 2.39. The van der Waals surface area contributed by atoms with E-state index in [0.29, 0.717) is 22.2 Å². The molecule has 2 aliphatic heterocycles. The van der Waals surface area contributed by atoms with Gasteiger partial charge >= 0.3 is 0 Å². The van der Waals surface area contributed by atoms with Crippen molar-refractivity contribution in [1.29, 1.82) is 0 Å². The summed E-state index contributed by atoms with van der Waals surface area (Å²) in [6.45, 7) is 3.19. The molecule has 0 bridgehead atoms.